The topological polar surface area (TPSA) is 112 Å². The van der Waals surface area contributed by atoms with Gasteiger partial charge in [0, 0.05) is 23.7 Å². The average molecular weight is 508 g/mol. The summed E-state index contributed by atoms with van der Waals surface area (Å²) < 4.78 is 5.33. The zero-order valence-corrected chi connectivity index (χ0v) is 21.3. The molecule has 0 fully saturated rings. The third-order valence-corrected chi connectivity index (χ3v) is 6.89. The molecule has 0 aliphatic carbocycles. The highest BCUT2D eigenvalue weighted by Crippen LogP contribution is 2.34. The van der Waals surface area contributed by atoms with Crippen LogP contribution >= 0.6 is 11.8 Å². The first-order valence-corrected chi connectivity index (χ1v) is 12.8. The summed E-state index contributed by atoms with van der Waals surface area (Å²) in [6.45, 7) is 4.22. The fourth-order valence-corrected chi connectivity index (χ4v) is 4.68. The summed E-state index contributed by atoms with van der Waals surface area (Å²) in [7, 11) is 1.58. The van der Waals surface area contributed by atoms with Crippen molar-refractivity contribution in [1.82, 2.24) is 15.5 Å². The van der Waals surface area contributed by atoms with Gasteiger partial charge >= 0.3 is 0 Å². The summed E-state index contributed by atoms with van der Waals surface area (Å²) in [5.41, 5.74) is 2.23. The van der Waals surface area contributed by atoms with Crippen LogP contribution in [0.2, 0.25) is 0 Å². The van der Waals surface area contributed by atoms with Crippen molar-refractivity contribution >= 4 is 46.2 Å². The molecule has 0 unspecified atom stereocenters. The van der Waals surface area contributed by atoms with Crippen LogP contribution in [0.1, 0.15) is 37.8 Å². The van der Waals surface area contributed by atoms with E-state index in [1.807, 2.05) is 62.4 Å². The van der Waals surface area contributed by atoms with Crippen LogP contribution in [0.5, 0.6) is 5.75 Å². The summed E-state index contributed by atoms with van der Waals surface area (Å²) in [6, 6.07) is 14.0. The van der Waals surface area contributed by atoms with Gasteiger partial charge in [0.1, 0.15) is 17.6 Å². The van der Waals surface area contributed by atoms with Crippen LogP contribution in [-0.4, -0.2) is 58.6 Å². The number of methoxy groups -OCH3 is 1. The Morgan fingerprint density at radius 3 is 2.67 bits per heavy atom. The molecule has 2 heterocycles. The number of ether oxygens (including phenoxy) is 1. The molecule has 10 heteroatoms. The molecule has 0 saturated carbocycles. The van der Waals surface area contributed by atoms with E-state index in [0.29, 0.717) is 22.4 Å². The van der Waals surface area contributed by atoms with Crippen LogP contribution in [0.15, 0.2) is 58.5 Å². The Labute approximate surface area is 214 Å². The minimum atomic E-state index is -0.872. The van der Waals surface area contributed by atoms with Crippen LogP contribution in [-0.2, 0) is 20.9 Å². The van der Waals surface area contributed by atoms with Crippen molar-refractivity contribution in [2.75, 3.05) is 12.9 Å². The smallest absolute Gasteiger partial charge is 0.259 e. The monoisotopic (exact) mass is 507 g/mol. The molecule has 2 aliphatic rings. The fraction of sp³-hybridized carbons (Fsp3) is 0.346. The second-order valence-corrected chi connectivity index (χ2v) is 9.45. The lowest BCUT2D eigenvalue weighted by molar-refractivity contribution is -0.128. The van der Waals surface area contributed by atoms with Crippen molar-refractivity contribution in [3.63, 3.8) is 0 Å². The molecular formula is C26H29N5O4S. The van der Waals surface area contributed by atoms with Crippen molar-refractivity contribution < 1.29 is 19.1 Å². The average Bonchev–Trinajstić information content (AvgIpc) is 3.22. The molecule has 2 N–H and O–H groups in total. The molecule has 0 bridgehead atoms. The molecule has 188 valence electrons. The highest BCUT2D eigenvalue weighted by molar-refractivity contribution is 8.14. The molecule has 2 aliphatic heterocycles. The zero-order chi connectivity index (χ0) is 25.7. The second-order valence-electron chi connectivity index (χ2n) is 8.51. The summed E-state index contributed by atoms with van der Waals surface area (Å²) in [6.07, 6.45) is 0.732. The molecular weight excluding hydrogens is 478 g/mol. The lowest BCUT2D eigenvalue weighted by Gasteiger charge is -2.25. The van der Waals surface area contributed by atoms with Crippen molar-refractivity contribution in [3.05, 3.63) is 59.7 Å². The number of hydrogen-bond acceptors (Lipinski definition) is 7. The van der Waals surface area contributed by atoms with Crippen LogP contribution in [0.4, 0.5) is 5.69 Å². The third-order valence-electron chi connectivity index (χ3n) is 5.95. The van der Waals surface area contributed by atoms with E-state index in [0.717, 1.165) is 17.5 Å². The van der Waals surface area contributed by atoms with Gasteiger partial charge in [0.05, 0.1) is 25.0 Å². The Kier molecular flexibility index (Phi) is 8.04. The Hall–Kier alpha value is -3.66. The van der Waals surface area contributed by atoms with Crippen molar-refractivity contribution in [1.29, 1.82) is 0 Å². The quantitative estimate of drug-likeness (QED) is 0.542. The Morgan fingerprint density at radius 1 is 1.14 bits per heavy atom. The lowest BCUT2D eigenvalue weighted by Crippen LogP contribution is -2.42. The van der Waals surface area contributed by atoms with E-state index in [-0.39, 0.29) is 42.5 Å². The van der Waals surface area contributed by atoms with E-state index in [1.54, 1.807) is 7.11 Å². The van der Waals surface area contributed by atoms with Gasteiger partial charge in [-0.2, -0.15) is 0 Å². The van der Waals surface area contributed by atoms with Crippen LogP contribution in [0.3, 0.4) is 0 Å². The van der Waals surface area contributed by atoms with Crippen molar-refractivity contribution in [3.8, 4) is 5.75 Å². The van der Waals surface area contributed by atoms with Gasteiger partial charge in [-0.05, 0) is 31.5 Å². The van der Waals surface area contributed by atoms with Crippen LogP contribution in [0.25, 0.3) is 0 Å². The molecule has 0 saturated heterocycles. The number of amidine groups is 2. The van der Waals surface area contributed by atoms with Gasteiger partial charge in [-0.25, -0.2) is 9.89 Å². The molecule has 0 spiro atoms. The first-order chi connectivity index (χ1) is 17.4. The Balaban J connectivity index is 1.47. The van der Waals surface area contributed by atoms with Gasteiger partial charge in [0.25, 0.3) is 5.91 Å². The largest absolute Gasteiger partial charge is 0.496 e. The number of para-hydroxylation sites is 2. The summed E-state index contributed by atoms with van der Waals surface area (Å²) in [5, 5.41) is 6.15. The molecule has 2 aromatic carbocycles. The van der Waals surface area contributed by atoms with E-state index >= 15 is 0 Å². The standard InChI is InChI=1S/C26H29N5O4S/c1-4-16(2)28-23(33)15-36-26-30-19-11-7-6-10-18(19)24-29-20(25(34)31(24)26)13-22(32)27-14-17-9-5-8-12-21(17)35-3/h5-12,16,20H,4,13-15H2,1-3H3,(H,27,32)(H,28,33)/t16-,20+/m1/s1. The first-order valence-electron chi connectivity index (χ1n) is 11.8. The molecule has 0 aromatic heterocycles. The van der Waals surface area contributed by atoms with E-state index in [9.17, 15) is 14.4 Å². The SMILES string of the molecule is CC[C@@H](C)NC(=O)CSC1=Nc2ccccc2C2=N[C@@H](CC(=O)NCc3ccccc3OC)C(=O)N12. The van der Waals surface area contributed by atoms with Gasteiger partial charge in [-0.15, -0.1) is 0 Å². The maximum absolute atomic E-state index is 13.4. The fourth-order valence-electron chi connectivity index (χ4n) is 3.87. The number of thioether (sulfide) groups is 1. The number of amides is 3. The highest BCUT2D eigenvalue weighted by Gasteiger charge is 2.42. The maximum Gasteiger partial charge on any atom is 0.259 e. The molecule has 3 amide bonds. The van der Waals surface area contributed by atoms with Gasteiger partial charge in [0.2, 0.25) is 11.8 Å². The number of nitrogens with one attached hydrogen (secondary N) is 2. The number of carbonyl (C=O) groups is 3. The zero-order valence-electron chi connectivity index (χ0n) is 20.5. The molecule has 2 aromatic rings. The number of rotatable bonds is 9. The minimum absolute atomic E-state index is 0.0661. The lowest BCUT2D eigenvalue weighted by atomic mass is 10.1. The van der Waals surface area contributed by atoms with E-state index in [2.05, 4.69) is 20.6 Å². The van der Waals surface area contributed by atoms with Gasteiger partial charge < -0.3 is 15.4 Å². The number of carbonyl (C=O) groups excluding carboxylic acids is 3. The normalized spacial score (nSPS) is 16.9. The number of fused-ring (bicyclic) bond motifs is 3. The van der Waals surface area contributed by atoms with Gasteiger partial charge in [0.15, 0.2) is 5.17 Å². The highest BCUT2D eigenvalue weighted by atomic mass is 32.2. The summed E-state index contributed by atoms with van der Waals surface area (Å²) in [4.78, 5) is 49.1. The number of benzene rings is 2. The predicted octanol–water partition coefficient (Wildman–Crippen LogP) is 3.01. The second kappa shape index (κ2) is 11.4. The van der Waals surface area contributed by atoms with Gasteiger partial charge in [-0.3, -0.25) is 19.4 Å². The molecule has 9 nitrogen and oxygen atoms in total. The summed E-state index contributed by atoms with van der Waals surface area (Å²) >= 11 is 1.18. The number of hydrogen-bond donors (Lipinski definition) is 2. The number of aliphatic imine (C=N–C) groups is 2. The Bertz CT molecular complexity index is 1230. The van der Waals surface area contributed by atoms with E-state index < -0.39 is 6.04 Å². The van der Waals surface area contributed by atoms with Crippen molar-refractivity contribution in [2.45, 2.75) is 45.3 Å². The van der Waals surface area contributed by atoms with Gasteiger partial charge in [-0.1, -0.05) is 49.0 Å². The van der Waals surface area contributed by atoms with E-state index in [4.69, 9.17) is 4.74 Å². The Morgan fingerprint density at radius 2 is 1.89 bits per heavy atom. The summed E-state index contributed by atoms with van der Waals surface area (Å²) in [5.74, 6) is 0.494. The predicted molar refractivity (Wildman–Crippen MR) is 141 cm³/mol. The minimum Gasteiger partial charge on any atom is -0.496 e. The molecule has 36 heavy (non-hydrogen) atoms. The van der Waals surface area contributed by atoms with Crippen LogP contribution < -0.4 is 15.4 Å². The maximum atomic E-state index is 13.4. The van der Waals surface area contributed by atoms with Crippen LogP contribution in [0, 0.1) is 0 Å². The number of nitrogens with zero attached hydrogens (tertiary/aromatic N) is 3. The van der Waals surface area contributed by atoms with E-state index in [1.165, 1.54) is 16.7 Å². The first kappa shape index (κ1) is 25.4. The molecule has 4 rings (SSSR count). The molecule has 2 atom stereocenters. The van der Waals surface area contributed by atoms with Crippen molar-refractivity contribution in [2.24, 2.45) is 9.98 Å². The molecule has 0 radical (unpaired) electrons. The third kappa shape index (κ3) is 5.59.